The van der Waals surface area contributed by atoms with E-state index >= 15 is 0 Å². The molecule has 2 aliphatic heterocycles. The van der Waals surface area contributed by atoms with Gasteiger partial charge in [0.1, 0.15) is 11.5 Å². The number of furan rings is 1. The molecule has 0 atom stereocenters. The van der Waals surface area contributed by atoms with Crippen LogP contribution in [0.25, 0.3) is 23.0 Å². The molecule has 168 valence electrons. The van der Waals surface area contributed by atoms with Crippen LogP contribution in [0.5, 0.6) is 0 Å². The number of fused-ring (bicyclic) bond motifs is 1. The van der Waals surface area contributed by atoms with Gasteiger partial charge in [-0.15, -0.1) is 0 Å². The van der Waals surface area contributed by atoms with Gasteiger partial charge in [-0.1, -0.05) is 30.3 Å². The highest BCUT2D eigenvalue weighted by Gasteiger charge is 2.25. The number of benzene rings is 2. The highest BCUT2D eigenvalue weighted by atomic mass is 16.3. The van der Waals surface area contributed by atoms with Gasteiger partial charge in [-0.2, -0.15) is 0 Å². The van der Waals surface area contributed by atoms with Crippen LogP contribution in [0.4, 0.5) is 5.69 Å². The molecule has 33 heavy (non-hydrogen) atoms. The summed E-state index contributed by atoms with van der Waals surface area (Å²) >= 11 is 0. The molecule has 0 bridgehead atoms. The summed E-state index contributed by atoms with van der Waals surface area (Å²) in [6.45, 7) is 1.58. The van der Waals surface area contributed by atoms with E-state index < -0.39 is 0 Å². The van der Waals surface area contributed by atoms with Crippen LogP contribution in [-0.4, -0.2) is 54.8 Å². The van der Waals surface area contributed by atoms with Gasteiger partial charge in [0.05, 0.1) is 5.57 Å². The summed E-state index contributed by atoms with van der Waals surface area (Å²) in [4.78, 5) is 29.4. The Balaban J connectivity index is 1.29. The first kappa shape index (κ1) is 21.2. The monoisotopic (exact) mass is 441 g/mol. The van der Waals surface area contributed by atoms with Gasteiger partial charge in [0.15, 0.2) is 0 Å². The molecular formula is C27H27N3O3. The van der Waals surface area contributed by atoms with Crippen LogP contribution in [-0.2, 0) is 4.79 Å². The topological polar surface area (TPSA) is 65.8 Å². The number of nitrogens with one attached hydrogen (secondary N) is 1. The van der Waals surface area contributed by atoms with Crippen molar-refractivity contribution in [2.45, 2.75) is 18.9 Å². The van der Waals surface area contributed by atoms with E-state index in [1.54, 1.807) is 6.08 Å². The minimum Gasteiger partial charge on any atom is -0.457 e. The Morgan fingerprint density at radius 2 is 1.76 bits per heavy atom. The molecular weight excluding hydrogens is 414 g/mol. The first-order chi connectivity index (χ1) is 16.0. The predicted octanol–water partition coefficient (Wildman–Crippen LogP) is 4.61. The lowest BCUT2D eigenvalue weighted by molar-refractivity contribution is -0.110. The maximum atomic E-state index is 12.9. The van der Waals surface area contributed by atoms with Gasteiger partial charge in [0.2, 0.25) is 0 Å². The van der Waals surface area contributed by atoms with Crippen LogP contribution in [0.3, 0.4) is 0 Å². The number of amides is 2. The average Bonchev–Trinajstić information content (AvgIpc) is 3.43. The van der Waals surface area contributed by atoms with Crippen LogP contribution in [0.1, 0.15) is 34.5 Å². The zero-order valence-electron chi connectivity index (χ0n) is 18.9. The smallest absolute Gasteiger partial charge is 0.256 e. The third-order valence-corrected chi connectivity index (χ3v) is 6.52. The van der Waals surface area contributed by atoms with Gasteiger partial charge >= 0.3 is 0 Å². The van der Waals surface area contributed by atoms with Gasteiger partial charge in [-0.05, 0) is 63.3 Å². The van der Waals surface area contributed by atoms with Gasteiger partial charge in [-0.25, -0.2) is 0 Å². The number of carbonyl (C=O) groups is 2. The molecule has 6 heteroatoms. The van der Waals surface area contributed by atoms with Gasteiger partial charge in [0.25, 0.3) is 11.8 Å². The highest BCUT2D eigenvalue weighted by Crippen LogP contribution is 2.33. The second-order valence-electron chi connectivity index (χ2n) is 8.82. The van der Waals surface area contributed by atoms with Crippen molar-refractivity contribution in [3.63, 3.8) is 0 Å². The molecule has 0 spiro atoms. The van der Waals surface area contributed by atoms with Crippen LogP contribution in [0, 0.1) is 0 Å². The van der Waals surface area contributed by atoms with Crippen molar-refractivity contribution in [2.24, 2.45) is 0 Å². The molecule has 1 saturated heterocycles. The molecule has 2 aromatic carbocycles. The van der Waals surface area contributed by atoms with Crippen molar-refractivity contribution in [1.82, 2.24) is 9.80 Å². The molecule has 2 amide bonds. The number of hydrogen-bond acceptors (Lipinski definition) is 4. The zero-order chi connectivity index (χ0) is 22.9. The first-order valence-corrected chi connectivity index (χ1v) is 11.3. The molecule has 3 heterocycles. The standard InChI is InChI=1S/C27H27N3O3/c1-29(2)20-13-15-30(16-14-20)27(32)19-9-7-18(8-10-19)25-12-11-21(33-25)17-23-22-5-3-4-6-24(22)28-26(23)31/h3-12,17,20H,13-16H2,1-2H3,(H,28,31)/b23-17+. The summed E-state index contributed by atoms with van der Waals surface area (Å²) in [6, 6.07) is 19.4. The van der Waals surface area contributed by atoms with E-state index in [4.69, 9.17) is 4.42 Å². The second-order valence-corrected chi connectivity index (χ2v) is 8.82. The quantitative estimate of drug-likeness (QED) is 0.601. The third-order valence-electron chi connectivity index (χ3n) is 6.52. The lowest BCUT2D eigenvalue weighted by atomic mass is 10.0. The van der Waals surface area contributed by atoms with E-state index in [0.29, 0.717) is 28.7 Å². The van der Waals surface area contributed by atoms with Crippen LogP contribution < -0.4 is 5.32 Å². The van der Waals surface area contributed by atoms with Crippen LogP contribution >= 0.6 is 0 Å². The lowest BCUT2D eigenvalue weighted by Crippen LogP contribution is -2.44. The van der Waals surface area contributed by atoms with E-state index in [2.05, 4.69) is 24.3 Å². The normalized spacial score (nSPS) is 17.5. The van der Waals surface area contributed by atoms with Gasteiger partial charge in [-0.3, -0.25) is 9.59 Å². The molecule has 1 fully saturated rings. The molecule has 0 aliphatic carbocycles. The second kappa shape index (κ2) is 8.71. The van der Waals surface area contributed by atoms with Crippen LogP contribution in [0.15, 0.2) is 65.1 Å². The Kier molecular flexibility index (Phi) is 5.60. The molecule has 1 aromatic heterocycles. The predicted molar refractivity (Wildman–Crippen MR) is 130 cm³/mol. The fraction of sp³-hybridized carbons (Fsp3) is 0.259. The molecule has 1 N–H and O–H groups in total. The van der Waals surface area contributed by atoms with E-state index in [1.807, 2.05) is 65.6 Å². The zero-order valence-corrected chi connectivity index (χ0v) is 18.9. The molecule has 0 saturated carbocycles. The number of rotatable bonds is 4. The van der Waals surface area contributed by atoms with E-state index in [0.717, 1.165) is 42.7 Å². The summed E-state index contributed by atoms with van der Waals surface area (Å²) in [6.07, 6.45) is 3.77. The summed E-state index contributed by atoms with van der Waals surface area (Å²) in [5.41, 5.74) is 3.85. The van der Waals surface area contributed by atoms with Crippen molar-refractivity contribution in [3.8, 4) is 11.3 Å². The Hall–Kier alpha value is -3.64. The van der Waals surface area contributed by atoms with Crippen LogP contribution in [0.2, 0.25) is 0 Å². The Bertz CT molecular complexity index is 1220. The number of piperidine rings is 1. The third kappa shape index (κ3) is 4.22. The minimum atomic E-state index is -0.133. The molecule has 5 rings (SSSR count). The number of carbonyl (C=O) groups excluding carboxylic acids is 2. The van der Waals surface area contributed by atoms with Gasteiger partial charge in [0, 0.05) is 41.5 Å². The fourth-order valence-electron chi connectivity index (χ4n) is 4.56. The van der Waals surface area contributed by atoms with E-state index in [9.17, 15) is 9.59 Å². The summed E-state index contributed by atoms with van der Waals surface area (Å²) in [5.74, 6) is 1.25. The summed E-state index contributed by atoms with van der Waals surface area (Å²) in [5, 5.41) is 2.87. The number of hydrogen-bond donors (Lipinski definition) is 1. The van der Waals surface area contributed by atoms with Crippen molar-refractivity contribution in [1.29, 1.82) is 0 Å². The molecule has 0 radical (unpaired) electrons. The Morgan fingerprint density at radius 1 is 1.03 bits per heavy atom. The highest BCUT2D eigenvalue weighted by molar-refractivity contribution is 6.34. The molecule has 0 unspecified atom stereocenters. The Morgan fingerprint density at radius 3 is 2.48 bits per heavy atom. The molecule has 6 nitrogen and oxygen atoms in total. The fourth-order valence-corrected chi connectivity index (χ4v) is 4.56. The number of para-hydroxylation sites is 1. The van der Waals surface area contributed by atoms with Crippen molar-refractivity contribution < 1.29 is 14.0 Å². The summed E-state index contributed by atoms with van der Waals surface area (Å²) < 4.78 is 5.99. The average molecular weight is 442 g/mol. The van der Waals surface area contributed by atoms with Gasteiger partial charge < -0.3 is 19.5 Å². The molecule has 2 aliphatic rings. The SMILES string of the molecule is CN(C)C1CCN(C(=O)c2ccc(-c3ccc(/C=C4/C(=O)Nc5ccccc54)o3)cc2)CC1. The number of anilines is 1. The maximum absolute atomic E-state index is 12.9. The maximum Gasteiger partial charge on any atom is 0.256 e. The largest absolute Gasteiger partial charge is 0.457 e. The van der Waals surface area contributed by atoms with E-state index in [-0.39, 0.29) is 11.8 Å². The number of nitrogens with zero attached hydrogens (tertiary/aromatic N) is 2. The molecule has 3 aromatic rings. The van der Waals surface area contributed by atoms with Crippen molar-refractivity contribution in [3.05, 3.63) is 77.6 Å². The Labute approximate surface area is 193 Å². The number of likely N-dealkylation sites (tertiary alicyclic amines) is 1. The first-order valence-electron chi connectivity index (χ1n) is 11.3. The van der Waals surface area contributed by atoms with E-state index in [1.165, 1.54) is 0 Å². The van der Waals surface area contributed by atoms with Crippen molar-refractivity contribution >= 4 is 29.2 Å². The minimum absolute atomic E-state index is 0.0783. The summed E-state index contributed by atoms with van der Waals surface area (Å²) in [7, 11) is 4.19. The lowest BCUT2D eigenvalue weighted by Gasteiger charge is -2.35. The van der Waals surface area contributed by atoms with Crippen molar-refractivity contribution in [2.75, 3.05) is 32.5 Å².